The second kappa shape index (κ2) is 4.39. The van der Waals surface area contributed by atoms with Gasteiger partial charge in [-0.1, -0.05) is 5.16 Å². The Morgan fingerprint density at radius 2 is 2.25 bits per heavy atom. The lowest BCUT2D eigenvalue weighted by molar-refractivity contribution is 0.213. The lowest BCUT2D eigenvalue weighted by Crippen LogP contribution is -1.92. The average molecular weight is 313 g/mol. The van der Waals surface area contributed by atoms with Crippen molar-refractivity contribution in [2.45, 2.75) is 6.92 Å². The van der Waals surface area contributed by atoms with Crippen LogP contribution in [-0.2, 0) is 4.84 Å². The van der Waals surface area contributed by atoms with Crippen molar-refractivity contribution in [2.75, 3.05) is 7.11 Å². The predicted molar refractivity (Wildman–Crippen MR) is 58.9 cm³/mol. The van der Waals surface area contributed by atoms with Crippen molar-refractivity contribution in [3.63, 3.8) is 0 Å². The van der Waals surface area contributed by atoms with Crippen LogP contribution >= 0.6 is 43.2 Å². The molecule has 0 aliphatic carbocycles. The van der Waals surface area contributed by atoms with E-state index in [-0.39, 0.29) is 0 Å². The fraction of sp³-hybridized carbons (Fsp3) is 0.286. The zero-order valence-electron chi connectivity index (χ0n) is 6.60. The zero-order chi connectivity index (χ0) is 9.14. The molecule has 1 aromatic rings. The summed E-state index contributed by atoms with van der Waals surface area (Å²) in [4.78, 5) is 4.68. The number of rotatable bonds is 2. The van der Waals surface area contributed by atoms with Crippen LogP contribution in [0.4, 0.5) is 0 Å². The molecule has 2 nitrogen and oxygen atoms in total. The molecule has 0 bridgehead atoms. The minimum atomic E-state index is 0.867. The molecule has 0 aliphatic heterocycles. The van der Waals surface area contributed by atoms with Gasteiger partial charge in [0.05, 0.1) is 13.3 Å². The molecule has 66 valence electrons. The van der Waals surface area contributed by atoms with E-state index in [0.29, 0.717) is 0 Å². The Kier molecular flexibility index (Phi) is 3.74. The third-order valence-electron chi connectivity index (χ3n) is 1.27. The van der Waals surface area contributed by atoms with Crippen molar-refractivity contribution in [2.24, 2.45) is 5.16 Å². The van der Waals surface area contributed by atoms with Crippen LogP contribution in [0.25, 0.3) is 0 Å². The highest BCUT2D eigenvalue weighted by Gasteiger charge is 2.07. The van der Waals surface area contributed by atoms with Crippen LogP contribution in [0, 0.1) is 0 Å². The second-order valence-corrected chi connectivity index (χ2v) is 5.85. The second-order valence-electron chi connectivity index (χ2n) is 2.10. The first kappa shape index (κ1) is 10.2. The Bertz CT molecular complexity index is 308. The maximum absolute atomic E-state index is 4.68. The van der Waals surface area contributed by atoms with Gasteiger partial charge in [-0.2, -0.15) is 0 Å². The predicted octanol–water partition coefficient (Wildman–Crippen LogP) is 3.64. The summed E-state index contributed by atoms with van der Waals surface area (Å²) in [5.74, 6) is 0. The Balaban J connectivity index is 3.02. The van der Waals surface area contributed by atoms with Gasteiger partial charge in [0.25, 0.3) is 0 Å². The lowest BCUT2D eigenvalue weighted by atomic mass is 10.2. The maximum Gasteiger partial charge on any atom is 0.106 e. The highest BCUT2D eigenvalue weighted by molar-refractivity contribution is 9.12. The molecule has 1 rings (SSSR count). The van der Waals surface area contributed by atoms with Gasteiger partial charge in [0.15, 0.2) is 0 Å². The number of nitrogens with zero attached hydrogens (tertiary/aromatic N) is 1. The first-order valence-electron chi connectivity index (χ1n) is 3.18. The normalized spacial score (nSPS) is 11.8. The van der Waals surface area contributed by atoms with E-state index < -0.39 is 0 Å². The highest BCUT2D eigenvalue weighted by Crippen LogP contribution is 2.32. The quantitative estimate of drug-likeness (QED) is 0.603. The van der Waals surface area contributed by atoms with Gasteiger partial charge in [-0.25, -0.2) is 0 Å². The van der Waals surface area contributed by atoms with E-state index in [4.69, 9.17) is 0 Å². The lowest BCUT2D eigenvalue weighted by Gasteiger charge is -1.95. The number of hydrogen-bond acceptors (Lipinski definition) is 3. The summed E-state index contributed by atoms with van der Waals surface area (Å²) in [5, 5.41) is 3.84. The largest absolute Gasteiger partial charge is 0.399 e. The molecular formula is C7H7Br2NOS. The van der Waals surface area contributed by atoms with E-state index >= 15 is 0 Å². The summed E-state index contributed by atoms with van der Waals surface area (Å²) in [7, 11) is 1.54. The highest BCUT2D eigenvalue weighted by atomic mass is 79.9. The van der Waals surface area contributed by atoms with Crippen molar-refractivity contribution in [1.82, 2.24) is 0 Å². The molecule has 0 saturated heterocycles. The third kappa shape index (κ3) is 2.31. The summed E-state index contributed by atoms with van der Waals surface area (Å²) in [6.07, 6.45) is 0. The van der Waals surface area contributed by atoms with Gasteiger partial charge in [0, 0.05) is 5.56 Å². The summed E-state index contributed by atoms with van der Waals surface area (Å²) < 4.78 is 2.14. The molecule has 1 aromatic heterocycles. The zero-order valence-corrected chi connectivity index (χ0v) is 10.6. The van der Waals surface area contributed by atoms with Crippen LogP contribution in [0.3, 0.4) is 0 Å². The Hall–Kier alpha value is 0.130. The SMILES string of the molecule is CO/N=C(\C)c1cc(Br)sc1Br. The minimum Gasteiger partial charge on any atom is -0.399 e. The molecule has 0 N–H and O–H groups in total. The van der Waals surface area contributed by atoms with Crippen molar-refractivity contribution < 1.29 is 4.84 Å². The van der Waals surface area contributed by atoms with Crippen molar-refractivity contribution in [1.29, 1.82) is 0 Å². The standard InChI is InChI=1S/C7H7Br2NOS/c1-4(10-11-2)5-3-6(8)12-7(5)9/h3H,1-2H3/b10-4+. The van der Waals surface area contributed by atoms with Crippen molar-refractivity contribution >= 4 is 48.9 Å². The Morgan fingerprint density at radius 1 is 1.58 bits per heavy atom. The molecule has 5 heteroatoms. The number of oxime groups is 1. The van der Waals surface area contributed by atoms with Gasteiger partial charge in [0.2, 0.25) is 0 Å². The smallest absolute Gasteiger partial charge is 0.106 e. The molecule has 0 radical (unpaired) electrons. The summed E-state index contributed by atoms with van der Waals surface area (Å²) >= 11 is 8.46. The summed E-state index contributed by atoms with van der Waals surface area (Å²) in [6, 6.07) is 2.01. The number of thiophene rings is 1. The van der Waals surface area contributed by atoms with E-state index in [1.165, 1.54) is 0 Å². The third-order valence-corrected chi connectivity index (χ3v) is 3.61. The van der Waals surface area contributed by atoms with E-state index in [0.717, 1.165) is 18.8 Å². The van der Waals surface area contributed by atoms with E-state index in [1.807, 2.05) is 13.0 Å². The van der Waals surface area contributed by atoms with Crippen LogP contribution in [0.1, 0.15) is 12.5 Å². The maximum atomic E-state index is 4.68. The molecule has 0 atom stereocenters. The molecule has 0 aliphatic rings. The summed E-state index contributed by atoms with van der Waals surface area (Å²) in [5.41, 5.74) is 1.93. The van der Waals surface area contributed by atoms with Crippen LogP contribution in [0.15, 0.2) is 18.8 Å². The van der Waals surface area contributed by atoms with Crippen LogP contribution in [0.5, 0.6) is 0 Å². The van der Waals surface area contributed by atoms with E-state index in [9.17, 15) is 0 Å². The minimum absolute atomic E-state index is 0.867. The van der Waals surface area contributed by atoms with Gasteiger partial charge in [-0.3, -0.25) is 0 Å². The first-order valence-corrected chi connectivity index (χ1v) is 5.58. The van der Waals surface area contributed by atoms with Crippen LogP contribution in [0.2, 0.25) is 0 Å². The van der Waals surface area contributed by atoms with Gasteiger partial charge < -0.3 is 4.84 Å². The van der Waals surface area contributed by atoms with E-state index in [1.54, 1.807) is 18.4 Å². The molecule has 0 unspecified atom stereocenters. The fourth-order valence-electron chi connectivity index (χ4n) is 0.773. The monoisotopic (exact) mass is 311 g/mol. The molecule has 0 amide bonds. The Labute approximate surface area is 91.9 Å². The Morgan fingerprint density at radius 3 is 2.67 bits per heavy atom. The van der Waals surface area contributed by atoms with Gasteiger partial charge in [-0.05, 0) is 44.8 Å². The van der Waals surface area contributed by atoms with Gasteiger partial charge in [0.1, 0.15) is 7.11 Å². The summed E-state index contributed by atoms with van der Waals surface area (Å²) in [6.45, 7) is 1.91. The molecule has 0 fully saturated rings. The van der Waals surface area contributed by atoms with Crippen LogP contribution < -0.4 is 0 Å². The molecule has 0 aromatic carbocycles. The average Bonchev–Trinajstić information content (AvgIpc) is 2.30. The molecule has 0 spiro atoms. The van der Waals surface area contributed by atoms with Crippen molar-refractivity contribution in [3.8, 4) is 0 Å². The topological polar surface area (TPSA) is 21.6 Å². The first-order chi connectivity index (χ1) is 5.65. The van der Waals surface area contributed by atoms with Crippen molar-refractivity contribution in [3.05, 3.63) is 19.2 Å². The molecule has 1 heterocycles. The number of hydrogen-bond donors (Lipinski definition) is 0. The van der Waals surface area contributed by atoms with Gasteiger partial charge in [-0.15, -0.1) is 11.3 Å². The van der Waals surface area contributed by atoms with Crippen LogP contribution in [-0.4, -0.2) is 12.8 Å². The molecule has 12 heavy (non-hydrogen) atoms. The van der Waals surface area contributed by atoms with Gasteiger partial charge >= 0.3 is 0 Å². The van der Waals surface area contributed by atoms with E-state index in [2.05, 4.69) is 41.9 Å². The molecular weight excluding hydrogens is 306 g/mol. The molecule has 0 saturated carbocycles. The number of halogens is 2. The fourth-order valence-corrected chi connectivity index (χ4v) is 3.73.